The summed E-state index contributed by atoms with van der Waals surface area (Å²) in [6, 6.07) is 5.81. The number of benzene rings is 1. The van der Waals surface area contributed by atoms with Crippen LogP contribution in [0.2, 0.25) is 0 Å². The molecular weight excluding hydrogens is 240 g/mol. The number of aryl methyl sites for hydroxylation is 1. The first kappa shape index (κ1) is 13.9. The molecule has 4 heteroatoms. The molecule has 19 heavy (non-hydrogen) atoms. The summed E-state index contributed by atoms with van der Waals surface area (Å²) < 4.78 is 5.33. The van der Waals surface area contributed by atoms with Crippen LogP contribution in [0.1, 0.15) is 25.3 Å². The molecule has 2 rings (SSSR count). The van der Waals surface area contributed by atoms with Gasteiger partial charge in [0.25, 0.3) is 0 Å². The molecule has 1 amide bonds. The predicted molar refractivity (Wildman–Crippen MR) is 76.6 cm³/mol. The maximum atomic E-state index is 12.5. The van der Waals surface area contributed by atoms with E-state index in [1.54, 1.807) is 7.11 Å². The van der Waals surface area contributed by atoms with Crippen LogP contribution in [0, 0.1) is 12.3 Å². The number of ether oxygens (including phenoxy) is 1. The maximum Gasteiger partial charge on any atom is 0.232 e. The van der Waals surface area contributed by atoms with Crippen molar-refractivity contribution in [1.29, 1.82) is 0 Å². The lowest BCUT2D eigenvalue weighted by molar-refractivity contribution is -0.124. The third-order valence-electron chi connectivity index (χ3n) is 4.01. The predicted octanol–water partition coefficient (Wildman–Crippen LogP) is 2.33. The summed E-state index contributed by atoms with van der Waals surface area (Å²) in [5.41, 5.74) is 1.58. The Balaban J connectivity index is 2.19. The third-order valence-corrected chi connectivity index (χ3v) is 4.01. The van der Waals surface area contributed by atoms with Crippen molar-refractivity contribution in [3.05, 3.63) is 23.8 Å². The van der Waals surface area contributed by atoms with Gasteiger partial charge < -0.3 is 15.4 Å². The Morgan fingerprint density at radius 2 is 2.32 bits per heavy atom. The number of methoxy groups -OCH3 is 1. The van der Waals surface area contributed by atoms with Gasteiger partial charge in [-0.25, -0.2) is 0 Å². The fourth-order valence-electron chi connectivity index (χ4n) is 2.56. The van der Waals surface area contributed by atoms with Crippen LogP contribution in [0.15, 0.2) is 18.2 Å². The molecule has 2 N–H and O–H groups in total. The van der Waals surface area contributed by atoms with Gasteiger partial charge in [-0.2, -0.15) is 0 Å². The van der Waals surface area contributed by atoms with Crippen LogP contribution in [0.25, 0.3) is 0 Å². The monoisotopic (exact) mass is 262 g/mol. The van der Waals surface area contributed by atoms with E-state index in [-0.39, 0.29) is 11.3 Å². The van der Waals surface area contributed by atoms with E-state index < -0.39 is 0 Å². The minimum atomic E-state index is -0.282. The molecule has 104 valence electrons. The van der Waals surface area contributed by atoms with Gasteiger partial charge in [0.2, 0.25) is 5.91 Å². The normalized spacial score (nSPS) is 22.3. The Bertz CT molecular complexity index is 465. The van der Waals surface area contributed by atoms with Gasteiger partial charge in [0.1, 0.15) is 5.75 Å². The highest BCUT2D eigenvalue weighted by Crippen LogP contribution is 2.33. The van der Waals surface area contributed by atoms with Crippen LogP contribution >= 0.6 is 0 Å². The van der Waals surface area contributed by atoms with E-state index >= 15 is 0 Å². The fourth-order valence-corrected chi connectivity index (χ4v) is 2.56. The molecule has 4 nitrogen and oxygen atoms in total. The number of carbonyl (C=O) groups excluding carboxylic acids is 1. The molecule has 0 spiro atoms. The van der Waals surface area contributed by atoms with Crippen LogP contribution in [0.3, 0.4) is 0 Å². The zero-order valence-electron chi connectivity index (χ0n) is 11.9. The van der Waals surface area contributed by atoms with Gasteiger partial charge >= 0.3 is 0 Å². The lowest BCUT2D eigenvalue weighted by Crippen LogP contribution is -2.37. The van der Waals surface area contributed by atoms with Crippen molar-refractivity contribution < 1.29 is 9.53 Å². The second-order valence-electron chi connectivity index (χ2n) is 5.22. The van der Waals surface area contributed by atoms with Crippen LogP contribution < -0.4 is 15.4 Å². The highest BCUT2D eigenvalue weighted by Gasteiger charge is 2.39. The lowest BCUT2D eigenvalue weighted by Gasteiger charge is -2.25. The van der Waals surface area contributed by atoms with Crippen LogP contribution in [-0.4, -0.2) is 26.1 Å². The number of anilines is 1. The maximum absolute atomic E-state index is 12.5. The van der Waals surface area contributed by atoms with Crippen molar-refractivity contribution in [2.75, 3.05) is 25.5 Å². The number of carbonyl (C=O) groups is 1. The summed E-state index contributed by atoms with van der Waals surface area (Å²) in [6.07, 6.45) is 1.74. The van der Waals surface area contributed by atoms with E-state index in [9.17, 15) is 4.79 Å². The minimum Gasteiger partial charge on any atom is -0.495 e. The molecule has 1 unspecified atom stereocenters. The standard InChI is InChI=1S/C15H22N2O2/c1-4-15(7-8-16-10-15)14(18)17-12-6-5-11(2)9-13(12)19-3/h5-6,9,16H,4,7-8,10H2,1-3H3,(H,17,18). The Hall–Kier alpha value is -1.55. The van der Waals surface area contributed by atoms with E-state index in [1.165, 1.54) is 0 Å². The highest BCUT2D eigenvalue weighted by atomic mass is 16.5. The first-order chi connectivity index (χ1) is 9.11. The van der Waals surface area contributed by atoms with Gasteiger partial charge in [-0.15, -0.1) is 0 Å². The lowest BCUT2D eigenvalue weighted by atomic mass is 9.83. The van der Waals surface area contributed by atoms with Gasteiger partial charge in [0.15, 0.2) is 0 Å². The molecule has 0 saturated carbocycles. The van der Waals surface area contributed by atoms with Crippen LogP contribution in [0.5, 0.6) is 5.75 Å². The quantitative estimate of drug-likeness (QED) is 0.875. The zero-order chi connectivity index (χ0) is 13.9. The van der Waals surface area contributed by atoms with Crippen molar-refractivity contribution in [1.82, 2.24) is 5.32 Å². The SMILES string of the molecule is CCC1(C(=O)Nc2ccc(C)cc2OC)CCNC1. The Morgan fingerprint density at radius 1 is 1.53 bits per heavy atom. The van der Waals surface area contributed by atoms with E-state index in [0.717, 1.165) is 37.2 Å². The average molecular weight is 262 g/mol. The summed E-state index contributed by atoms with van der Waals surface area (Å²) >= 11 is 0. The molecule has 1 aliphatic heterocycles. The van der Waals surface area contributed by atoms with Gasteiger partial charge in [0.05, 0.1) is 18.2 Å². The first-order valence-electron chi connectivity index (χ1n) is 6.78. The van der Waals surface area contributed by atoms with Crippen molar-refractivity contribution in [3.8, 4) is 5.75 Å². The van der Waals surface area contributed by atoms with E-state index in [0.29, 0.717) is 5.75 Å². The molecule has 1 saturated heterocycles. The second-order valence-corrected chi connectivity index (χ2v) is 5.22. The van der Waals surface area contributed by atoms with E-state index in [2.05, 4.69) is 17.6 Å². The Labute approximate surface area is 114 Å². The van der Waals surface area contributed by atoms with E-state index in [4.69, 9.17) is 4.74 Å². The Morgan fingerprint density at radius 3 is 2.89 bits per heavy atom. The number of hydrogen-bond donors (Lipinski definition) is 2. The van der Waals surface area contributed by atoms with Gasteiger partial charge in [-0.3, -0.25) is 4.79 Å². The average Bonchev–Trinajstić information content (AvgIpc) is 2.90. The molecule has 0 aromatic heterocycles. The Kier molecular flexibility index (Phi) is 4.10. The van der Waals surface area contributed by atoms with E-state index in [1.807, 2.05) is 25.1 Å². The molecule has 1 atom stereocenters. The number of hydrogen-bond acceptors (Lipinski definition) is 3. The molecule has 1 aromatic carbocycles. The minimum absolute atomic E-state index is 0.0853. The van der Waals surface area contributed by atoms with Crippen molar-refractivity contribution >= 4 is 11.6 Å². The number of nitrogens with one attached hydrogen (secondary N) is 2. The molecule has 1 heterocycles. The van der Waals surface area contributed by atoms with Crippen LogP contribution in [0.4, 0.5) is 5.69 Å². The molecule has 0 aliphatic carbocycles. The molecule has 1 fully saturated rings. The molecule has 0 bridgehead atoms. The van der Waals surface area contributed by atoms with Gasteiger partial charge in [0, 0.05) is 6.54 Å². The second kappa shape index (κ2) is 5.61. The summed E-state index contributed by atoms with van der Waals surface area (Å²) in [4.78, 5) is 12.5. The zero-order valence-corrected chi connectivity index (χ0v) is 11.9. The van der Waals surface area contributed by atoms with Crippen LogP contribution in [-0.2, 0) is 4.79 Å². The van der Waals surface area contributed by atoms with Gasteiger partial charge in [-0.05, 0) is 44.0 Å². The van der Waals surface area contributed by atoms with Crippen molar-refractivity contribution in [2.45, 2.75) is 26.7 Å². The molecule has 0 radical (unpaired) electrons. The summed E-state index contributed by atoms with van der Waals surface area (Å²) in [6.45, 7) is 5.73. The largest absolute Gasteiger partial charge is 0.495 e. The molecular formula is C15H22N2O2. The third kappa shape index (κ3) is 2.73. The molecule has 1 aliphatic rings. The molecule has 1 aromatic rings. The smallest absolute Gasteiger partial charge is 0.232 e. The summed E-state index contributed by atoms with van der Waals surface area (Å²) in [5, 5.41) is 6.29. The summed E-state index contributed by atoms with van der Waals surface area (Å²) in [7, 11) is 1.62. The summed E-state index contributed by atoms with van der Waals surface area (Å²) in [5.74, 6) is 0.799. The fraction of sp³-hybridized carbons (Fsp3) is 0.533. The van der Waals surface area contributed by atoms with Gasteiger partial charge in [-0.1, -0.05) is 13.0 Å². The first-order valence-corrected chi connectivity index (χ1v) is 6.78. The number of amides is 1. The van der Waals surface area contributed by atoms with Crippen molar-refractivity contribution in [3.63, 3.8) is 0 Å². The highest BCUT2D eigenvalue weighted by molar-refractivity contribution is 5.97. The number of rotatable bonds is 4. The topological polar surface area (TPSA) is 50.4 Å². The van der Waals surface area contributed by atoms with Crippen molar-refractivity contribution in [2.24, 2.45) is 5.41 Å².